The van der Waals surface area contributed by atoms with Gasteiger partial charge in [0.15, 0.2) is 0 Å². The van der Waals surface area contributed by atoms with E-state index in [0.717, 1.165) is 12.0 Å². The van der Waals surface area contributed by atoms with E-state index >= 15 is 0 Å². The minimum absolute atomic E-state index is 0.254. The van der Waals surface area contributed by atoms with E-state index in [2.05, 4.69) is 35.9 Å². The minimum Gasteiger partial charge on any atom is -0.490 e. The number of rotatable bonds is 4. The van der Waals surface area contributed by atoms with Crippen LogP contribution in [0.5, 0.6) is 5.75 Å². The van der Waals surface area contributed by atoms with E-state index in [1.165, 1.54) is 19.0 Å². The van der Waals surface area contributed by atoms with Gasteiger partial charge in [-0.2, -0.15) is 0 Å². The van der Waals surface area contributed by atoms with E-state index in [9.17, 15) is 4.79 Å². The van der Waals surface area contributed by atoms with Gasteiger partial charge in [0.05, 0.1) is 13.4 Å². The van der Waals surface area contributed by atoms with Gasteiger partial charge in [0.1, 0.15) is 5.69 Å². The number of nitrogens with one attached hydrogen (secondary N) is 1. The van der Waals surface area contributed by atoms with Gasteiger partial charge in [-0.15, -0.1) is 0 Å². The molecule has 0 fully saturated rings. The normalized spacial score (nSPS) is 10.7. The summed E-state index contributed by atoms with van der Waals surface area (Å²) in [4.78, 5) is 18.4. The third-order valence-corrected chi connectivity index (χ3v) is 2.86. The molecule has 0 bridgehead atoms. The molecule has 0 spiro atoms. The summed E-state index contributed by atoms with van der Waals surface area (Å²) in [5, 5.41) is 0. The van der Waals surface area contributed by atoms with Crippen molar-refractivity contribution in [2.75, 3.05) is 7.11 Å². The van der Waals surface area contributed by atoms with Crippen LogP contribution in [-0.2, 0) is 6.42 Å². The predicted molar refractivity (Wildman–Crippen MR) is 75.4 cm³/mol. The second kappa shape index (κ2) is 5.69. The molecule has 1 aromatic carbocycles. The van der Waals surface area contributed by atoms with E-state index < -0.39 is 0 Å². The molecule has 2 rings (SSSR count). The van der Waals surface area contributed by atoms with Crippen molar-refractivity contribution in [2.45, 2.75) is 20.3 Å². The Bertz CT molecular complexity index is 618. The molecular formula is C15H18N2O2. The molecule has 100 valence electrons. The van der Waals surface area contributed by atoms with Crippen LogP contribution in [0.1, 0.15) is 19.4 Å². The summed E-state index contributed by atoms with van der Waals surface area (Å²) in [7, 11) is 1.48. The van der Waals surface area contributed by atoms with Crippen LogP contribution in [0.3, 0.4) is 0 Å². The minimum atomic E-state index is -0.262. The Balaban J connectivity index is 2.47. The fourth-order valence-corrected chi connectivity index (χ4v) is 2.10. The number of hydrogen-bond acceptors (Lipinski definition) is 3. The van der Waals surface area contributed by atoms with Crippen LogP contribution in [0.2, 0.25) is 0 Å². The maximum atomic E-state index is 11.7. The van der Waals surface area contributed by atoms with Crippen molar-refractivity contribution in [1.82, 2.24) is 9.97 Å². The average molecular weight is 258 g/mol. The number of H-pyrrole nitrogens is 1. The van der Waals surface area contributed by atoms with E-state index in [-0.39, 0.29) is 11.3 Å². The summed E-state index contributed by atoms with van der Waals surface area (Å²) in [6.45, 7) is 4.36. The fraction of sp³-hybridized carbons (Fsp3) is 0.333. The van der Waals surface area contributed by atoms with Crippen LogP contribution >= 0.6 is 0 Å². The van der Waals surface area contributed by atoms with Crippen LogP contribution in [0.25, 0.3) is 11.3 Å². The van der Waals surface area contributed by atoms with Crippen LogP contribution in [0, 0.1) is 5.92 Å². The highest BCUT2D eigenvalue weighted by Crippen LogP contribution is 2.25. The van der Waals surface area contributed by atoms with Gasteiger partial charge in [0.2, 0.25) is 5.75 Å². The first kappa shape index (κ1) is 13.3. The lowest BCUT2D eigenvalue weighted by Gasteiger charge is -2.09. The quantitative estimate of drug-likeness (QED) is 0.917. The lowest BCUT2D eigenvalue weighted by Crippen LogP contribution is -2.11. The van der Waals surface area contributed by atoms with E-state index in [0.29, 0.717) is 11.6 Å². The van der Waals surface area contributed by atoms with Gasteiger partial charge in [-0.3, -0.25) is 4.79 Å². The van der Waals surface area contributed by atoms with E-state index in [1.54, 1.807) is 0 Å². The van der Waals surface area contributed by atoms with Crippen LogP contribution in [-0.4, -0.2) is 17.1 Å². The first-order valence-corrected chi connectivity index (χ1v) is 6.32. The van der Waals surface area contributed by atoms with Gasteiger partial charge < -0.3 is 9.72 Å². The molecule has 0 saturated heterocycles. The number of aromatic nitrogens is 2. The van der Waals surface area contributed by atoms with Crippen molar-refractivity contribution >= 4 is 0 Å². The highest BCUT2D eigenvalue weighted by molar-refractivity contribution is 5.66. The molecule has 1 heterocycles. The number of aromatic amines is 1. The summed E-state index contributed by atoms with van der Waals surface area (Å²) < 4.78 is 5.15. The Morgan fingerprint density at radius 2 is 2.16 bits per heavy atom. The number of nitrogens with zero attached hydrogens (tertiary/aromatic N) is 1. The van der Waals surface area contributed by atoms with Gasteiger partial charge >= 0.3 is 0 Å². The number of benzene rings is 1. The van der Waals surface area contributed by atoms with Gasteiger partial charge in [-0.05, 0) is 24.0 Å². The van der Waals surface area contributed by atoms with E-state index in [1.807, 2.05) is 12.1 Å². The maximum Gasteiger partial charge on any atom is 0.293 e. The molecule has 4 nitrogen and oxygen atoms in total. The number of hydrogen-bond donors (Lipinski definition) is 1. The number of methoxy groups -OCH3 is 1. The molecular weight excluding hydrogens is 240 g/mol. The summed E-state index contributed by atoms with van der Waals surface area (Å²) in [6.07, 6.45) is 2.40. The van der Waals surface area contributed by atoms with Crippen molar-refractivity contribution in [1.29, 1.82) is 0 Å². The van der Waals surface area contributed by atoms with Crippen LogP contribution in [0.4, 0.5) is 0 Å². The Labute approximate surface area is 112 Å². The lowest BCUT2D eigenvalue weighted by atomic mass is 10.00. The SMILES string of the molecule is COc1c(-c2cccc(CC(C)C)c2)nc[nH]c1=O. The van der Waals surface area contributed by atoms with Crippen molar-refractivity contribution in [3.05, 3.63) is 46.5 Å². The second-order valence-electron chi connectivity index (χ2n) is 4.91. The third kappa shape index (κ3) is 3.02. The van der Waals surface area contributed by atoms with Gasteiger partial charge in [-0.1, -0.05) is 32.0 Å². The molecule has 0 saturated carbocycles. The van der Waals surface area contributed by atoms with Gasteiger partial charge in [0.25, 0.3) is 5.56 Å². The zero-order valence-electron chi connectivity index (χ0n) is 11.4. The molecule has 0 aliphatic rings. The zero-order chi connectivity index (χ0) is 13.8. The smallest absolute Gasteiger partial charge is 0.293 e. The molecule has 0 aliphatic heterocycles. The molecule has 0 radical (unpaired) electrons. The van der Waals surface area contributed by atoms with Crippen molar-refractivity contribution < 1.29 is 4.74 Å². The van der Waals surface area contributed by atoms with Crippen molar-refractivity contribution in [2.24, 2.45) is 5.92 Å². The first-order chi connectivity index (χ1) is 9.11. The highest BCUT2D eigenvalue weighted by atomic mass is 16.5. The van der Waals surface area contributed by atoms with Crippen molar-refractivity contribution in [3.63, 3.8) is 0 Å². The second-order valence-corrected chi connectivity index (χ2v) is 4.91. The zero-order valence-corrected chi connectivity index (χ0v) is 11.4. The summed E-state index contributed by atoms with van der Waals surface area (Å²) >= 11 is 0. The molecule has 0 amide bonds. The summed E-state index contributed by atoms with van der Waals surface area (Å²) in [6, 6.07) is 8.07. The molecule has 2 aromatic rings. The van der Waals surface area contributed by atoms with Crippen LogP contribution in [0.15, 0.2) is 35.4 Å². The van der Waals surface area contributed by atoms with Crippen LogP contribution < -0.4 is 10.3 Å². The number of ether oxygens (including phenoxy) is 1. The maximum absolute atomic E-state index is 11.7. The molecule has 19 heavy (non-hydrogen) atoms. The lowest BCUT2D eigenvalue weighted by molar-refractivity contribution is 0.408. The first-order valence-electron chi connectivity index (χ1n) is 6.32. The topological polar surface area (TPSA) is 55.0 Å². The molecule has 1 aromatic heterocycles. The largest absolute Gasteiger partial charge is 0.490 e. The van der Waals surface area contributed by atoms with Gasteiger partial charge in [0, 0.05) is 5.56 Å². The Morgan fingerprint density at radius 1 is 1.37 bits per heavy atom. The standard InChI is InChI=1S/C15H18N2O2/c1-10(2)7-11-5-4-6-12(8-11)13-14(19-3)15(18)17-9-16-13/h4-6,8-10H,7H2,1-3H3,(H,16,17,18). The Hall–Kier alpha value is -2.10. The fourth-order valence-electron chi connectivity index (χ4n) is 2.10. The molecule has 0 aliphatic carbocycles. The van der Waals surface area contributed by atoms with E-state index in [4.69, 9.17) is 4.74 Å². The van der Waals surface area contributed by atoms with Crippen molar-refractivity contribution in [3.8, 4) is 17.0 Å². The average Bonchev–Trinajstić information content (AvgIpc) is 2.38. The Morgan fingerprint density at radius 3 is 2.84 bits per heavy atom. The molecule has 4 heteroatoms. The third-order valence-electron chi connectivity index (χ3n) is 2.86. The summed E-state index contributed by atoms with van der Waals surface area (Å²) in [5.74, 6) is 0.841. The highest BCUT2D eigenvalue weighted by Gasteiger charge is 2.11. The summed E-state index contributed by atoms with van der Waals surface area (Å²) in [5.41, 5.74) is 2.45. The predicted octanol–water partition coefficient (Wildman–Crippen LogP) is 2.64. The molecule has 0 atom stereocenters. The monoisotopic (exact) mass is 258 g/mol. The molecule has 0 unspecified atom stereocenters. The molecule has 1 N–H and O–H groups in total. The van der Waals surface area contributed by atoms with Gasteiger partial charge in [-0.25, -0.2) is 4.98 Å². The Kier molecular flexibility index (Phi) is 4.00.